The lowest BCUT2D eigenvalue weighted by atomic mass is 10.0. The Hall–Kier alpha value is -0.970. The van der Waals surface area contributed by atoms with Crippen LogP contribution >= 0.6 is 11.6 Å². The van der Waals surface area contributed by atoms with Crippen LogP contribution in [0.25, 0.3) is 0 Å². The molecule has 0 heterocycles. The number of nitrogens with one attached hydrogen (secondary N) is 1. The van der Waals surface area contributed by atoms with Crippen LogP contribution in [-0.4, -0.2) is 29.8 Å². The van der Waals surface area contributed by atoms with Crippen molar-refractivity contribution in [1.29, 1.82) is 0 Å². The first-order valence-corrected chi connectivity index (χ1v) is 6.41. The van der Waals surface area contributed by atoms with Crippen LogP contribution < -0.4 is 5.32 Å². The monoisotopic (exact) mass is 279 g/mol. The molecule has 6 heteroatoms. The molecule has 0 aromatic carbocycles. The first-order valence-electron chi connectivity index (χ1n) is 5.88. The second kappa shape index (κ2) is 7.46. The van der Waals surface area contributed by atoms with Crippen LogP contribution in [0.4, 0.5) is 4.79 Å². The lowest BCUT2D eigenvalue weighted by Gasteiger charge is -2.23. The largest absolute Gasteiger partial charge is 0.448 e. The fourth-order valence-corrected chi connectivity index (χ4v) is 1.40. The van der Waals surface area contributed by atoms with Crippen molar-refractivity contribution in [3.63, 3.8) is 0 Å². The minimum absolute atomic E-state index is 0.229. The molecule has 0 aliphatic carbocycles. The average molecular weight is 280 g/mol. The molecule has 1 N–H and O–H groups in total. The van der Waals surface area contributed by atoms with E-state index in [1.807, 2.05) is 13.8 Å². The van der Waals surface area contributed by atoms with Crippen LogP contribution in [0.2, 0.25) is 0 Å². The Balaban J connectivity index is 4.49. The number of alkyl halides is 1. The zero-order chi connectivity index (χ0) is 14.3. The molecule has 106 valence electrons. The molecule has 5 nitrogen and oxygen atoms in total. The van der Waals surface area contributed by atoms with E-state index in [-0.39, 0.29) is 12.0 Å². The SMILES string of the molecule is CC(C)C[C@@H](NC(=O)OC(C)(C)C)C(=O)OCCl. The van der Waals surface area contributed by atoms with Gasteiger partial charge in [-0.25, -0.2) is 9.59 Å². The topological polar surface area (TPSA) is 64.6 Å². The number of hydrogen-bond donors (Lipinski definition) is 1. The second-order valence-electron chi connectivity index (χ2n) is 5.40. The molecule has 0 spiro atoms. The van der Waals surface area contributed by atoms with Crippen LogP contribution in [0.1, 0.15) is 41.0 Å². The first-order chi connectivity index (χ1) is 8.15. The summed E-state index contributed by atoms with van der Waals surface area (Å²) in [7, 11) is 0. The zero-order valence-electron chi connectivity index (χ0n) is 11.6. The minimum Gasteiger partial charge on any atom is -0.448 e. The van der Waals surface area contributed by atoms with Crippen LogP contribution in [-0.2, 0) is 14.3 Å². The van der Waals surface area contributed by atoms with Crippen LogP contribution in [0.3, 0.4) is 0 Å². The molecule has 0 unspecified atom stereocenters. The summed E-state index contributed by atoms with van der Waals surface area (Å²) in [6.07, 6.45) is -0.172. The lowest BCUT2D eigenvalue weighted by molar-refractivity contribution is -0.144. The molecule has 0 saturated heterocycles. The van der Waals surface area contributed by atoms with Crippen molar-refractivity contribution in [3.8, 4) is 0 Å². The van der Waals surface area contributed by atoms with Crippen molar-refractivity contribution in [2.75, 3.05) is 6.07 Å². The summed E-state index contributed by atoms with van der Waals surface area (Å²) in [5, 5.41) is 2.50. The first kappa shape index (κ1) is 17.0. The number of hydrogen-bond acceptors (Lipinski definition) is 4. The van der Waals surface area contributed by atoms with E-state index in [0.717, 1.165) is 0 Å². The molecule has 0 aliphatic heterocycles. The zero-order valence-corrected chi connectivity index (χ0v) is 12.3. The van der Waals surface area contributed by atoms with E-state index in [9.17, 15) is 9.59 Å². The number of halogens is 1. The van der Waals surface area contributed by atoms with E-state index < -0.39 is 23.7 Å². The maximum Gasteiger partial charge on any atom is 0.408 e. The Morgan fingerprint density at radius 1 is 1.28 bits per heavy atom. The van der Waals surface area contributed by atoms with Crippen molar-refractivity contribution in [1.82, 2.24) is 5.32 Å². The normalized spacial score (nSPS) is 13.1. The Morgan fingerprint density at radius 2 is 1.83 bits per heavy atom. The second-order valence-corrected chi connectivity index (χ2v) is 5.62. The van der Waals surface area contributed by atoms with Crippen molar-refractivity contribution in [3.05, 3.63) is 0 Å². The predicted octanol–water partition coefficient (Wildman–Crippen LogP) is 2.67. The van der Waals surface area contributed by atoms with E-state index in [0.29, 0.717) is 6.42 Å². The molecule has 0 rings (SSSR count). The number of amides is 1. The minimum atomic E-state index is -0.737. The number of ether oxygens (including phenoxy) is 2. The third-order valence-electron chi connectivity index (χ3n) is 1.88. The summed E-state index contributed by atoms with van der Waals surface area (Å²) in [5.41, 5.74) is -0.608. The van der Waals surface area contributed by atoms with Crippen molar-refractivity contribution in [2.45, 2.75) is 52.7 Å². The Labute approximate surface area is 113 Å². The molecule has 1 amide bonds. The fourth-order valence-electron chi connectivity index (χ4n) is 1.29. The summed E-state index contributed by atoms with van der Waals surface area (Å²) in [4.78, 5) is 23.2. The molecule has 0 radical (unpaired) electrons. The van der Waals surface area contributed by atoms with Crippen LogP contribution in [0.15, 0.2) is 0 Å². The van der Waals surface area contributed by atoms with Gasteiger partial charge in [0.2, 0.25) is 0 Å². The van der Waals surface area contributed by atoms with Gasteiger partial charge in [-0.05, 0) is 33.1 Å². The molecule has 0 aromatic heterocycles. The van der Waals surface area contributed by atoms with Gasteiger partial charge in [-0.1, -0.05) is 25.4 Å². The van der Waals surface area contributed by atoms with Crippen molar-refractivity contribution < 1.29 is 19.1 Å². The van der Waals surface area contributed by atoms with E-state index in [1.165, 1.54) is 0 Å². The Kier molecular flexibility index (Phi) is 7.06. The molecule has 0 saturated carbocycles. The number of alkyl carbamates (subject to hydrolysis) is 1. The van der Waals surface area contributed by atoms with Crippen molar-refractivity contribution in [2.24, 2.45) is 5.92 Å². The van der Waals surface area contributed by atoms with Gasteiger partial charge in [0.25, 0.3) is 0 Å². The van der Waals surface area contributed by atoms with E-state index >= 15 is 0 Å². The fraction of sp³-hybridized carbons (Fsp3) is 0.833. The molecule has 1 atom stereocenters. The molecule has 0 aliphatic rings. The summed E-state index contributed by atoms with van der Waals surface area (Å²) < 4.78 is 9.78. The summed E-state index contributed by atoms with van der Waals surface area (Å²) in [5.74, 6) is -0.322. The Morgan fingerprint density at radius 3 is 2.22 bits per heavy atom. The van der Waals surface area contributed by atoms with Crippen molar-refractivity contribution >= 4 is 23.7 Å². The molecular weight excluding hydrogens is 258 g/mol. The van der Waals surface area contributed by atoms with Gasteiger partial charge in [0.05, 0.1) is 0 Å². The number of rotatable bonds is 5. The Bertz CT molecular complexity index is 286. The smallest absolute Gasteiger partial charge is 0.408 e. The maximum atomic E-state index is 11.6. The highest BCUT2D eigenvalue weighted by molar-refractivity contribution is 6.17. The van der Waals surface area contributed by atoms with Gasteiger partial charge in [0.1, 0.15) is 11.6 Å². The average Bonchev–Trinajstić information content (AvgIpc) is 2.13. The quantitative estimate of drug-likeness (QED) is 0.621. The van der Waals surface area contributed by atoms with E-state index in [1.54, 1.807) is 20.8 Å². The van der Waals surface area contributed by atoms with Crippen LogP contribution in [0, 0.1) is 5.92 Å². The van der Waals surface area contributed by atoms with Gasteiger partial charge >= 0.3 is 12.1 Å². The third-order valence-corrected chi connectivity index (χ3v) is 1.99. The van der Waals surface area contributed by atoms with Gasteiger partial charge in [-0.15, -0.1) is 0 Å². The maximum absolute atomic E-state index is 11.6. The van der Waals surface area contributed by atoms with Gasteiger partial charge in [0.15, 0.2) is 6.07 Å². The highest BCUT2D eigenvalue weighted by Gasteiger charge is 2.26. The molecular formula is C12H22ClNO4. The summed E-state index contributed by atoms with van der Waals surface area (Å²) in [6, 6.07) is -0.970. The van der Waals surface area contributed by atoms with Crippen LogP contribution in [0.5, 0.6) is 0 Å². The molecule has 0 bridgehead atoms. The molecule has 0 fully saturated rings. The number of carbonyl (C=O) groups excluding carboxylic acids is 2. The van der Waals surface area contributed by atoms with Gasteiger partial charge in [-0.3, -0.25) is 0 Å². The molecule has 18 heavy (non-hydrogen) atoms. The predicted molar refractivity (Wildman–Crippen MR) is 69.4 cm³/mol. The standard InChI is InChI=1S/C12H22ClNO4/c1-8(2)6-9(10(15)17-7-13)14-11(16)18-12(3,4)5/h8-9H,6-7H2,1-5H3,(H,14,16)/t9-/m1/s1. The van der Waals surface area contributed by atoms with Gasteiger partial charge < -0.3 is 14.8 Å². The van der Waals surface area contributed by atoms with E-state index in [2.05, 4.69) is 5.32 Å². The summed E-state index contributed by atoms with van der Waals surface area (Å²) >= 11 is 5.33. The molecule has 0 aromatic rings. The summed E-state index contributed by atoms with van der Waals surface area (Å²) in [6.45, 7) is 9.14. The highest BCUT2D eigenvalue weighted by Crippen LogP contribution is 2.10. The number of esters is 1. The van der Waals surface area contributed by atoms with Gasteiger partial charge in [0, 0.05) is 0 Å². The highest BCUT2D eigenvalue weighted by atomic mass is 35.5. The van der Waals surface area contributed by atoms with Gasteiger partial charge in [-0.2, -0.15) is 0 Å². The van der Waals surface area contributed by atoms with E-state index in [4.69, 9.17) is 21.1 Å². The third kappa shape index (κ3) is 8.17. The number of carbonyl (C=O) groups is 2. The lowest BCUT2D eigenvalue weighted by Crippen LogP contribution is -2.44.